The van der Waals surface area contributed by atoms with E-state index in [0.29, 0.717) is 0 Å². The zero-order chi connectivity index (χ0) is 14.7. The maximum atomic E-state index is 6.38. The summed E-state index contributed by atoms with van der Waals surface area (Å²) < 4.78 is 6.52. The van der Waals surface area contributed by atoms with E-state index in [-0.39, 0.29) is 6.04 Å². The highest BCUT2D eigenvalue weighted by molar-refractivity contribution is 9.10. The standard InChI is InChI=1S/C17H20BrNO/c1-11-7-8-16(20-3)13(9-11)10-15(19)14-6-4-5-12(2)17(14)18/h4-9,15H,10,19H2,1-3H3. The molecule has 20 heavy (non-hydrogen) atoms. The molecule has 3 heteroatoms. The fraction of sp³-hybridized carbons (Fsp3) is 0.294. The molecule has 0 radical (unpaired) electrons. The highest BCUT2D eigenvalue weighted by Gasteiger charge is 2.14. The number of halogens is 1. The van der Waals surface area contributed by atoms with Crippen LogP contribution in [0.3, 0.4) is 0 Å². The van der Waals surface area contributed by atoms with Gasteiger partial charge in [-0.1, -0.05) is 51.8 Å². The highest BCUT2D eigenvalue weighted by Crippen LogP contribution is 2.30. The second-order valence-electron chi connectivity index (χ2n) is 5.10. The summed E-state index contributed by atoms with van der Waals surface area (Å²) in [6.45, 7) is 4.16. The molecule has 2 N–H and O–H groups in total. The molecule has 2 aromatic carbocycles. The van der Waals surface area contributed by atoms with Gasteiger partial charge in [-0.2, -0.15) is 0 Å². The van der Waals surface area contributed by atoms with Crippen molar-refractivity contribution in [3.8, 4) is 5.75 Å². The van der Waals surface area contributed by atoms with Gasteiger partial charge in [-0.25, -0.2) is 0 Å². The number of aryl methyl sites for hydroxylation is 2. The third kappa shape index (κ3) is 3.22. The van der Waals surface area contributed by atoms with Crippen LogP contribution in [0.5, 0.6) is 5.75 Å². The fourth-order valence-electron chi connectivity index (χ4n) is 2.37. The first-order chi connectivity index (χ1) is 9.52. The number of nitrogens with two attached hydrogens (primary N) is 1. The molecule has 2 nitrogen and oxygen atoms in total. The van der Waals surface area contributed by atoms with Crippen molar-refractivity contribution in [1.29, 1.82) is 0 Å². The number of hydrogen-bond donors (Lipinski definition) is 1. The van der Waals surface area contributed by atoms with E-state index in [1.807, 2.05) is 12.1 Å². The third-order valence-corrected chi connectivity index (χ3v) is 4.58. The van der Waals surface area contributed by atoms with Gasteiger partial charge in [0, 0.05) is 10.5 Å². The van der Waals surface area contributed by atoms with Gasteiger partial charge in [-0.3, -0.25) is 0 Å². The summed E-state index contributed by atoms with van der Waals surface area (Å²) >= 11 is 3.63. The summed E-state index contributed by atoms with van der Waals surface area (Å²) in [6.07, 6.45) is 0.757. The second-order valence-corrected chi connectivity index (χ2v) is 5.90. The molecule has 2 aromatic rings. The topological polar surface area (TPSA) is 35.2 Å². The van der Waals surface area contributed by atoms with Crippen LogP contribution in [0.4, 0.5) is 0 Å². The first kappa shape index (κ1) is 15.1. The smallest absolute Gasteiger partial charge is 0.122 e. The van der Waals surface area contributed by atoms with Gasteiger partial charge in [-0.05, 0) is 43.0 Å². The molecule has 0 heterocycles. The van der Waals surface area contributed by atoms with E-state index in [2.05, 4.69) is 54.0 Å². The molecule has 0 spiro atoms. The molecule has 0 aliphatic heterocycles. The average molecular weight is 334 g/mol. The van der Waals surface area contributed by atoms with Gasteiger partial charge >= 0.3 is 0 Å². The normalized spacial score (nSPS) is 12.2. The number of rotatable bonds is 4. The Balaban J connectivity index is 2.30. The zero-order valence-corrected chi connectivity index (χ0v) is 13.7. The molecule has 0 fully saturated rings. The van der Waals surface area contributed by atoms with Gasteiger partial charge in [0.2, 0.25) is 0 Å². The molecule has 0 saturated heterocycles. The van der Waals surface area contributed by atoms with E-state index >= 15 is 0 Å². The van der Waals surface area contributed by atoms with Crippen LogP contribution in [0.25, 0.3) is 0 Å². The van der Waals surface area contributed by atoms with E-state index in [9.17, 15) is 0 Å². The van der Waals surface area contributed by atoms with Crippen LogP contribution in [0, 0.1) is 13.8 Å². The lowest BCUT2D eigenvalue weighted by Gasteiger charge is -2.17. The molecule has 1 atom stereocenters. The van der Waals surface area contributed by atoms with Crippen molar-refractivity contribution in [2.45, 2.75) is 26.3 Å². The molecule has 0 saturated carbocycles. The number of ether oxygens (including phenoxy) is 1. The highest BCUT2D eigenvalue weighted by atomic mass is 79.9. The van der Waals surface area contributed by atoms with E-state index in [4.69, 9.17) is 10.5 Å². The second kappa shape index (κ2) is 6.42. The molecule has 106 valence electrons. The van der Waals surface area contributed by atoms with Crippen molar-refractivity contribution >= 4 is 15.9 Å². The summed E-state index contributed by atoms with van der Waals surface area (Å²) in [7, 11) is 1.70. The van der Waals surface area contributed by atoms with Crippen LogP contribution in [-0.4, -0.2) is 7.11 Å². The lowest BCUT2D eigenvalue weighted by atomic mass is 9.97. The van der Waals surface area contributed by atoms with Crippen molar-refractivity contribution in [3.63, 3.8) is 0 Å². The Kier molecular flexibility index (Phi) is 4.84. The third-order valence-electron chi connectivity index (χ3n) is 3.50. The van der Waals surface area contributed by atoms with Gasteiger partial charge in [0.1, 0.15) is 5.75 Å². The van der Waals surface area contributed by atoms with Gasteiger partial charge < -0.3 is 10.5 Å². The van der Waals surface area contributed by atoms with Gasteiger partial charge in [0.25, 0.3) is 0 Å². The van der Waals surface area contributed by atoms with Crippen LogP contribution in [0.1, 0.15) is 28.3 Å². The van der Waals surface area contributed by atoms with Gasteiger partial charge in [0.05, 0.1) is 7.11 Å². The van der Waals surface area contributed by atoms with Crippen LogP contribution in [0.2, 0.25) is 0 Å². The Morgan fingerprint density at radius 1 is 1.20 bits per heavy atom. The average Bonchev–Trinajstić information content (AvgIpc) is 2.42. The number of methoxy groups -OCH3 is 1. The first-order valence-electron chi connectivity index (χ1n) is 6.67. The number of hydrogen-bond acceptors (Lipinski definition) is 2. The Morgan fingerprint density at radius 2 is 1.95 bits per heavy atom. The Bertz CT molecular complexity index is 610. The van der Waals surface area contributed by atoms with E-state index in [1.165, 1.54) is 11.1 Å². The molecule has 1 unspecified atom stereocenters. The van der Waals surface area contributed by atoms with Crippen molar-refractivity contribution in [2.75, 3.05) is 7.11 Å². The summed E-state index contributed by atoms with van der Waals surface area (Å²) in [5.74, 6) is 0.898. The molecule has 0 aliphatic rings. The van der Waals surface area contributed by atoms with E-state index in [0.717, 1.165) is 27.8 Å². The lowest BCUT2D eigenvalue weighted by molar-refractivity contribution is 0.408. The SMILES string of the molecule is COc1ccc(C)cc1CC(N)c1cccc(C)c1Br. The number of benzene rings is 2. The van der Waals surface area contributed by atoms with E-state index in [1.54, 1.807) is 7.11 Å². The largest absolute Gasteiger partial charge is 0.496 e. The lowest BCUT2D eigenvalue weighted by Crippen LogP contribution is -2.15. The van der Waals surface area contributed by atoms with Crippen molar-refractivity contribution in [1.82, 2.24) is 0 Å². The molecule has 0 aromatic heterocycles. The maximum absolute atomic E-state index is 6.38. The minimum Gasteiger partial charge on any atom is -0.496 e. The van der Waals surface area contributed by atoms with Crippen molar-refractivity contribution in [2.24, 2.45) is 5.73 Å². The Labute approximate surface area is 129 Å². The van der Waals surface area contributed by atoms with E-state index < -0.39 is 0 Å². The minimum absolute atomic E-state index is 0.0556. The summed E-state index contributed by atoms with van der Waals surface area (Å²) in [4.78, 5) is 0. The molecular weight excluding hydrogens is 314 g/mol. The summed E-state index contributed by atoms with van der Waals surface area (Å²) in [5, 5.41) is 0. The zero-order valence-electron chi connectivity index (χ0n) is 12.1. The maximum Gasteiger partial charge on any atom is 0.122 e. The van der Waals surface area contributed by atoms with Gasteiger partial charge in [-0.15, -0.1) is 0 Å². The molecule has 0 aliphatic carbocycles. The van der Waals surface area contributed by atoms with Crippen molar-refractivity contribution < 1.29 is 4.74 Å². The fourth-order valence-corrected chi connectivity index (χ4v) is 2.93. The predicted molar refractivity (Wildman–Crippen MR) is 87.2 cm³/mol. The van der Waals surface area contributed by atoms with Crippen LogP contribution < -0.4 is 10.5 Å². The molecule has 0 amide bonds. The van der Waals surface area contributed by atoms with Crippen LogP contribution in [-0.2, 0) is 6.42 Å². The molecule has 0 bridgehead atoms. The molecular formula is C17H20BrNO. The Morgan fingerprint density at radius 3 is 2.65 bits per heavy atom. The summed E-state index contributed by atoms with van der Waals surface area (Å²) in [6, 6.07) is 12.3. The predicted octanol–water partition coefficient (Wildman–Crippen LogP) is 4.32. The Hall–Kier alpha value is -1.32. The van der Waals surface area contributed by atoms with Crippen molar-refractivity contribution in [3.05, 3.63) is 63.1 Å². The monoisotopic (exact) mass is 333 g/mol. The minimum atomic E-state index is -0.0556. The van der Waals surface area contributed by atoms with Crippen LogP contribution in [0.15, 0.2) is 40.9 Å². The first-order valence-corrected chi connectivity index (χ1v) is 7.46. The molecule has 2 rings (SSSR count). The quantitative estimate of drug-likeness (QED) is 0.904. The summed E-state index contributed by atoms with van der Waals surface area (Å²) in [5.41, 5.74) is 11.1. The van der Waals surface area contributed by atoms with Crippen LogP contribution >= 0.6 is 15.9 Å². The van der Waals surface area contributed by atoms with Gasteiger partial charge in [0.15, 0.2) is 0 Å².